The Bertz CT molecular complexity index is 681. The Hall–Kier alpha value is -2.07. The molecular weight excluding hydrogens is 262 g/mol. The summed E-state index contributed by atoms with van der Waals surface area (Å²) < 4.78 is 0. The number of rotatable bonds is 2. The molecule has 110 valence electrons. The molecule has 0 spiro atoms. The van der Waals surface area contributed by atoms with Gasteiger partial charge in [0.05, 0.1) is 5.56 Å². The normalized spacial score (nSPS) is 18.6. The van der Waals surface area contributed by atoms with Crippen molar-refractivity contribution in [3.8, 4) is 0 Å². The maximum Gasteiger partial charge on any atom is 0.256 e. The van der Waals surface area contributed by atoms with Gasteiger partial charge in [-0.05, 0) is 43.4 Å². The molecule has 0 bridgehead atoms. The SMILES string of the molecule is CN(C)C1CCN(C(=O)c2cc3ccccc3cc2N)C1. The number of fused-ring (bicyclic) bond motifs is 1. The van der Waals surface area contributed by atoms with Crippen LogP contribution >= 0.6 is 0 Å². The number of anilines is 1. The van der Waals surface area contributed by atoms with Gasteiger partial charge in [-0.2, -0.15) is 0 Å². The quantitative estimate of drug-likeness (QED) is 0.860. The van der Waals surface area contributed by atoms with Crippen molar-refractivity contribution in [2.24, 2.45) is 0 Å². The van der Waals surface area contributed by atoms with Crippen LogP contribution in [-0.4, -0.2) is 48.9 Å². The summed E-state index contributed by atoms with van der Waals surface area (Å²) in [6.45, 7) is 1.58. The fourth-order valence-electron chi connectivity index (χ4n) is 2.96. The zero-order chi connectivity index (χ0) is 15.0. The number of nitrogens with two attached hydrogens (primary N) is 1. The van der Waals surface area contributed by atoms with E-state index >= 15 is 0 Å². The van der Waals surface area contributed by atoms with Crippen LogP contribution in [0.15, 0.2) is 36.4 Å². The first-order valence-electron chi connectivity index (χ1n) is 7.30. The van der Waals surface area contributed by atoms with E-state index in [2.05, 4.69) is 19.0 Å². The van der Waals surface area contributed by atoms with Crippen molar-refractivity contribution in [3.05, 3.63) is 42.0 Å². The van der Waals surface area contributed by atoms with Crippen molar-refractivity contribution in [1.29, 1.82) is 0 Å². The Morgan fingerprint density at radius 1 is 1.24 bits per heavy atom. The highest BCUT2D eigenvalue weighted by Crippen LogP contribution is 2.25. The van der Waals surface area contributed by atoms with Gasteiger partial charge < -0.3 is 15.5 Å². The summed E-state index contributed by atoms with van der Waals surface area (Å²) in [5.41, 5.74) is 7.27. The Morgan fingerprint density at radius 3 is 2.52 bits per heavy atom. The second kappa shape index (κ2) is 5.37. The average molecular weight is 283 g/mol. The lowest BCUT2D eigenvalue weighted by Gasteiger charge is -2.21. The molecule has 1 unspecified atom stereocenters. The molecule has 2 aromatic carbocycles. The molecule has 1 aliphatic rings. The van der Waals surface area contributed by atoms with Gasteiger partial charge >= 0.3 is 0 Å². The number of amides is 1. The van der Waals surface area contributed by atoms with Gasteiger partial charge in [0, 0.05) is 24.8 Å². The van der Waals surface area contributed by atoms with E-state index in [-0.39, 0.29) is 5.91 Å². The monoisotopic (exact) mass is 283 g/mol. The number of likely N-dealkylation sites (tertiary alicyclic amines) is 1. The summed E-state index contributed by atoms with van der Waals surface area (Å²) in [5.74, 6) is 0.0441. The van der Waals surface area contributed by atoms with Crippen LogP contribution in [0, 0.1) is 0 Å². The van der Waals surface area contributed by atoms with Crippen LogP contribution in [0.4, 0.5) is 5.69 Å². The summed E-state index contributed by atoms with van der Waals surface area (Å²) in [7, 11) is 4.12. The van der Waals surface area contributed by atoms with Gasteiger partial charge in [-0.3, -0.25) is 4.79 Å². The van der Waals surface area contributed by atoms with E-state index in [9.17, 15) is 4.79 Å². The van der Waals surface area contributed by atoms with Gasteiger partial charge in [0.25, 0.3) is 5.91 Å². The molecule has 2 aromatic rings. The predicted octanol–water partition coefficient (Wildman–Crippen LogP) is 2.20. The third-order valence-corrected chi connectivity index (χ3v) is 4.33. The second-order valence-electron chi connectivity index (χ2n) is 5.94. The fraction of sp³-hybridized carbons (Fsp3) is 0.353. The molecule has 0 radical (unpaired) electrons. The topological polar surface area (TPSA) is 49.6 Å². The number of nitrogen functional groups attached to an aromatic ring is 1. The van der Waals surface area contributed by atoms with Crippen LogP contribution < -0.4 is 5.73 Å². The summed E-state index contributed by atoms with van der Waals surface area (Å²) in [5, 5.41) is 2.12. The highest BCUT2D eigenvalue weighted by atomic mass is 16.2. The van der Waals surface area contributed by atoms with Gasteiger partial charge in [0.1, 0.15) is 0 Å². The van der Waals surface area contributed by atoms with Gasteiger partial charge in [-0.15, -0.1) is 0 Å². The van der Waals surface area contributed by atoms with Crippen LogP contribution in [0.25, 0.3) is 10.8 Å². The van der Waals surface area contributed by atoms with E-state index < -0.39 is 0 Å². The van der Waals surface area contributed by atoms with E-state index in [0.29, 0.717) is 17.3 Å². The van der Waals surface area contributed by atoms with Crippen molar-refractivity contribution in [2.75, 3.05) is 32.9 Å². The summed E-state index contributed by atoms with van der Waals surface area (Å²) in [4.78, 5) is 16.8. The zero-order valence-corrected chi connectivity index (χ0v) is 12.5. The maximum absolute atomic E-state index is 12.7. The third-order valence-electron chi connectivity index (χ3n) is 4.33. The molecule has 1 amide bonds. The van der Waals surface area contributed by atoms with E-state index in [1.807, 2.05) is 41.3 Å². The van der Waals surface area contributed by atoms with Crippen LogP contribution in [0.5, 0.6) is 0 Å². The zero-order valence-electron chi connectivity index (χ0n) is 12.5. The largest absolute Gasteiger partial charge is 0.398 e. The number of hydrogen-bond donors (Lipinski definition) is 1. The predicted molar refractivity (Wildman–Crippen MR) is 86.4 cm³/mol. The molecule has 0 aliphatic carbocycles. The molecule has 4 nitrogen and oxygen atoms in total. The maximum atomic E-state index is 12.7. The van der Waals surface area contributed by atoms with Crippen molar-refractivity contribution in [3.63, 3.8) is 0 Å². The average Bonchev–Trinajstić information content (AvgIpc) is 2.96. The van der Waals surface area contributed by atoms with Gasteiger partial charge in [0.15, 0.2) is 0 Å². The minimum atomic E-state index is 0.0441. The molecular formula is C17H21N3O. The molecule has 21 heavy (non-hydrogen) atoms. The molecule has 1 fully saturated rings. The minimum absolute atomic E-state index is 0.0441. The molecule has 0 saturated carbocycles. The summed E-state index contributed by atoms with van der Waals surface area (Å²) in [6.07, 6.45) is 1.02. The Balaban J connectivity index is 1.90. The van der Waals surface area contributed by atoms with Crippen molar-refractivity contribution in [2.45, 2.75) is 12.5 Å². The Kier molecular flexibility index (Phi) is 3.55. The van der Waals surface area contributed by atoms with E-state index in [1.54, 1.807) is 0 Å². The Morgan fingerprint density at radius 2 is 1.90 bits per heavy atom. The number of benzene rings is 2. The molecule has 1 heterocycles. The number of likely N-dealkylation sites (N-methyl/N-ethyl adjacent to an activating group) is 1. The smallest absolute Gasteiger partial charge is 0.256 e. The Labute approximate surface area is 125 Å². The second-order valence-corrected chi connectivity index (χ2v) is 5.94. The summed E-state index contributed by atoms with van der Waals surface area (Å²) in [6, 6.07) is 12.2. The van der Waals surface area contributed by atoms with Crippen LogP contribution in [0.2, 0.25) is 0 Å². The van der Waals surface area contributed by atoms with E-state index in [1.165, 1.54) is 0 Å². The van der Waals surface area contributed by atoms with Crippen molar-refractivity contribution >= 4 is 22.4 Å². The fourth-order valence-corrected chi connectivity index (χ4v) is 2.96. The summed E-state index contributed by atoms with van der Waals surface area (Å²) >= 11 is 0. The van der Waals surface area contributed by atoms with Crippen molar-refractivity contribution < 1.29 is 4.79 Å². The highest BCUT2D eigenvalue weighted by Gasteiger charge is 2.28. The van der Waals surface area contributed by atoms with Gasteiger partial charge in [-0.25, -0.2) is 0 Å². The van der Waals surface area contributed by atoms with Crippen LogP contribution in [-0.2, 0) is 0 Å². The first-order valence-corrected chi connectivity index (χ1v) is 7.30. The number of nitrogens with zero attached hydrogens (tertiary/aromatic N) is 2. The minimum Gasteiger partial charge on any atom is -0.398 e. The first-order chi connectivity index (χ1) is 10.1. The highest BCUT2D eigenvalue weighted by molar-refractivity contribution is 6.04. The number of carbonyl (C=O) groups excluding carboxylic acids is 1. The number of hydrogen-bond acceptors (Lipinski definition) is 3. The lowest BCUT2D eigenvalue weighted by Crippen LogP contribution is -2.34. The standard InChI is InChI=1S/C17H21N3O/c1-19(2)14-7-8-20(11-14)17(21)15-9-12-5-3-4-6-13(12)10-16(15)18/h3-6,9-10,14H,7-8,11,18H2,1-2H3. The first kappa shape index (κ1) is 13.9. The van der Waals surface area contributed by atoms with Crippen LogP contribution in [0.3, 0.4) is 0 Å². The molecule has 1 saturated heterocycles. The molecule has 1 atom stereocenters. The van der Waals surface area contributed by atoms with E-state index in [4.69, 9.17) is 5.73 Å². The number of carbonyl (C=O) groups is 1. The van der Waals surface area contributed by atoms with Gasteiger partial charge in [-0.1, -0.05) is 24.3 Å². The lowest BCUT2D eigenvalue weighted by atomic mass is 10.0. The molecule has 1 aliphatic heterocycles. The van der Waals surface area contributed by atoms with Crippen molar-refractivity contribution in [1.82, 2.24) is 9.80 Å². The molecule has 0 aromatic heterocycles. The third kappa shape index (κ3) is 2.59. The molecule has 2 N–H and O–H groups in total. The molecule has 3 rings (SSSR count). The molecule has 4 heteroatoms. The lowest BCUT2D eigenvalue weighted by molar-refractivity contribution is 0.0784. The van der Waals surface area contributed by atoms with E-state index in [0.717, 1.165) is 30.3 Å². The van der Waals surface area contributed by atoms with Crippen LogP contribution in [0.1, 0.15) is 16.8 Å². The van der Waals surface area contributed by atoms with Gasteiger partial charge in [0.2, 0.25) is 0 Å².